The van der Waals surface area contributed by atoms with Crippen molar-refractivity contribution in [1.29, 1.82) is 0 Å². The van der Waals surface area contributed by atoms with Crippen molar-refractivity contribution in [1.82, 2.24) is 31.1 Å². The third-order valence-corrected chi connectivity index (χ3v) is 7.42. The molecule has 4 atom stereocenters. The van der Waals surface area contributed by atoms with E-state index in [9.17, 15) is 0 Å². The van der Waals surface area contributed by atoms with Gasteiger partial charge in [0.1, 0.15) is 0 Å². The number of allylic oxidation sites excluding steroid dienone is 1. The van der Waals surface area contributed by atoms with Crippen molar-refractivity contribution in [3.05, 3.63) is 11.9 Å². The van der Waals surface area contributed by atoms with Gasteiger partial charge in [-0.2, -0.15) is 0 Å². The number of hydrogen-bond donors (Lipinski definition) is 4. The Morgan fingerprint density at radius 2 is 1.87 bits per heavy atom. The van der Waals surface area contributed by atoms with E-state index >= 15 is 0 Å². The summed E-state index contributed by atoms with van der Waals surface area (Å²) >= 11 is 5.49. The van der Waals surface area contributed by atoms with Crippen LogP contribution in [0.15, 0.2) is 11.9 Å². The summed E-state index contributed by atoms with van der Waals surface area (Å²) in [4.78, 5) is 4.97. The number of nitrogens with one attached hydrogen (secondary N) is 4. The first-order chi connectivity index (χ1) is 15.0. The predicted molar refractivity (Wildman–Crippen MR) is 137 cm³/mol. The van der Waals surface area contributed by atoms with E-state index in [1.807, 2.05) is 0 Å². The maximum atomic E-state index is 5.49. The van der Waals surface area contributed by atoms with E-state index in [4.69, 9.17) is 12.2 Å². The minimum atomic E-state index is 0.521. The highest BCUT2D eigenvalue weighted by atomic mass is 32.1. The molecule has 0 aromatic carbocycles. The molecule has 0 amide bonds. The average molecular weight is 453 g/mol. The minimum absolute atomic E-state index is 0.521. The Morgan fingerprint density at radius 3 is 2.52 bits per heavy atom. The summed E-state index contributed by atoms with van der Waals surface area (Å²) in [5.74, 6) is 3.25. The summed E-state index contributed by atoms with van der Waals surface area (Å²) in [6, 6.07) is 0.521. The second-order valence-corrected chi connectivity index (χ2v) is 9.63. The zero-order valence-electron chi connectivity index (χ0n) is 20.7. The lowest BCUT2D eigenvalue weighted by Gasteiger charge is -2.44. The largest absolute Gasteiger partial charge is 0.369 e. The quantitative estimate of drug-likeness (QED) is 0.268. The molecule has 2 aliphatic rings. The van der Waals surface area contributed by atoms with E-state index in [2.05, 4.69) is 71.8 Å². The van der Waals surface area contributed by atoms with Gasteiger partial charge in [-0.25, -0.2) is 0 Å². The molecular weight excluding hydrogens is 404 g/mol. The van der Waals surface area contributed by atoms with Crippen molar-refractivity contribution in [2.75, 3.05) is 58.9 Å². The molecule has 3 unspecified atom stereocenters. The molecule has 0 aliphatic carbocycles. The number of thiocarbonyl (C=S) groups is 1. The lowest BCUT2D eigenvalue weighted by atomic mass is 9.76. The van der Waals surface area contributed by atoms with Crippen LogP contribution in [0.1, 0.15) is 53.9 Å². The van der Waals surface area contributed by atoms with E-state index < -0.39 is 0 Å². The molecule has 0 aromatic heterocycles. The molecule has 7 heteroatoms. The number of hydrogen-bond acceptors (Lipinski definition) is 5. The van der Waals surface area contributed by atoms with Crippen LogP contribution in [0.25, 0.3) is 0 Å². The first-order valence-electron chi connectivity index (χ1n) is 12.7. The van der Waals surface area contributed by atoms with Gasteiger partial charge in [0.15, 0.2) is 5.11 Å². The van der Waals surface area contributed by atoms with Crippen LogP contribution in [-0.2, 0) is 0 Å². The van der Waals surface area contributed by atoms with E-state index in [1.54, 1.807) is 0 Å². The lowest BCUT2D eigenvalue weighted by Crippen LogP contribution is -2.53. The smallest absolute Gasteiger partial charge is 0.166 e. The molecule has 4 N–H and O–H groups in total. The minimum Gasteiger partial charge on any atom is -0.369 e. The lowest BCUT2D eigenvalue weighted by molar-refractivity contribution is 0.173. The SMILES string of the molecule is CCC1C(C)C=C(N2CCNCC2)N[C@@H]1C(C)CCNC(=S)NCCCN(CC)CC. The molecule has 0 spiro atoms. The normalized spacial score (nSPS) is 25.0. The van der Waals surface area contributed by atoms with Gasteiger partial charge in [0.05, 0.1) is 5.82 Å². The van der Waals surface area contributed by atoms with Gasteiger partial charge in [0.2, 0.25) is 0 Å². The Labute approximate surface area is 197 Å². The fraction of sp³-hybridized carbons (Fsp3) is 0.875. The van der Waals surface area contributed by atoms with Crippen molar-refractivity contribution in [2.24, 2.45) is 17.8 Å². The zero-order chi connectivity index (χ0) is 22.6. The molecule has 2 heterocycles. The highest BCUT2D eigenvalue weighted by molar-refractivity contribution is 7.80. The van der Waals surface area contributed by atoms with Gasteiger partial charge in [-0.15, -0.1) is 0 Å². The second-order valence-electron chi connectivity index (χ2n) is 9.22. The molecule has 0 radical (unpaired) electrons. The number of piperazine rings is 1. The number of rotatable bonds is 12. The maximum Gasteiger partial charge on any atom is 0.166 e. The monoisotopic (exact) mass is 452 g/mol. The molecule has 180 valence electrons. The van der Waals surface area contributed by atoms with E-state index in [-0.39, 0.29) is 0 Å². The Hall–Kier alpha value is -1.05. The van der Waals surface area contributed by atoms with Gasteiger partial charge in [-0.3, -0.25) is 0 Å². The molecule has 0 saturated carbocycles. The van der Waals surface area contributed by atoms with E-state index in [1.165, 1.54) is 12.2 Å². The third-order valence-electron chi connectivity index (χ3n) is 7.13. The fourth-order valence-electron chi connectivity index (χ4n) is 5.02. The fourth-order valence-corrected chi connectivity index (χ4v) is 5.22. The van der Waals surface area contributed by atoms with Crippen LogP contribution in [-0.4, -0.2) is 79.9 Å². The molecular formula is C24H48N6S. The summed E-state index contributed by atoms with van der Waals surface area (Å²) in [7, 11) is 0. The van der Waals surface area contributed by atoms with Gasteiger partial charge in [-0.1, -0.05) is 41.0 Å². The highest BCUT2D eigenvalue weighted by Crippen LogP contribution is 2.32. The summed E-state index contributed by atoms with van der Waals surface area (Å²) in [5, 5.41) is 15.0. The van der Waals surface area contributed by atoms with Crippen molar-refractivity contribution in [3.8, 4) is 0 Å². The Balaban J connectivity index is 1.74. The maximum absolute atomic E-state index is 5.49. The first-order valence-corrected chi connectivity index (χ1v) is 13.1. The van der Waals surface area contributed by atoms with E-state index in [0.717, 1.165) is 76.9 Å². The second kappa shape index (κ2) is 14.2. The third kappa shape index (κ3) is 8.43. The Kier molecular flexibility index (Phi) is 12.0. The highest BCUT2D eigenvalue weighted by Gasteiger charge is 2.34. The Bertz CT molecular complexity index is 544. The molecule has 0 aromatic rings. The molecule has 6 nitrogen and oxygen atoms in total. The van der Waals surface area contributed by atoms with Crippen molar-refractivity contribution in [2.45, 2.75) is 59.9 Å². The first kappa shape index (κ1) is 26.2. The standard InChI is InChI=1S/C24H48N6S/c1-6-21-20(5)18-22(30-16-13-25-14-17-30)28-23(21)19(4)10-12-27-24(31)26-11-9-15-29(7-2)8-3/h18-21,23,25,28H,6-17H2,1-5H3,(H2,26,27,31)/t19?,20?,21?,23-/m1/s1. The summed E-state index contributed by atoms with van der Waals surface area (Å²) < 4.78 is 0. The van der Waals surface area contributed by atoms with Crippen LogP contribution in [0, 0.1) is 17.8 Å². The van der Waals surface area contributed by atoms with Crippen LogP contribution < -0.4 is 21.3 Å². The predicted octanol–water partition coefficient (Wildman–Crippen LogP) is 2.59. The Morgan fingerprint density at radius 1 is 1.19 bits per heavy atom. The van der Waals surface area contributed by atoms with Gasteiger partial charge in [-0.05, 0) is 68.5 Å². The van der Waals surface area contributed by atoms with Crippen molar-refractivity contribution >= 4 is 17.3 Å². The number of nitrogens with zero attached hydrogens (tertiary/aromatic N) is 2. The molecule has 2 rings (SSSR count). The van der Waals surface area contributed by atoms with Crippen LogP contribution in [0.3, 0.4) is 0 Å². The molecule has 31 heavy (non-hydrogen) atoms. The van der Waals surface area contributed by atoms with E-state index in [0.29, 0.717) is 23.8 Å². The van der Waals surface area contributed by atoms with Gasteiger partial charge < -0.3 is 31.1 Å². The van der Waals surface area contributed by atoms with Crippen molar-refractivity contribution < 1.29 is 0 Å². The van der Waals surface area contributed by atoms with Crippen molar-refractivity contribution in [3.63, 3.8) is 0 Å². The van der Waals surface area contributed by atoms with Gasteiger partial charge in [0.25, 0.3) is 0 Å². The summed E-state index contributed by atoms with van der Waals surface area (Å²) in [6.07, 6.45) is 5.94. The van der Waals surface area contributed by atoms with Crippen LogP contribution in [0.5, 0.6) is 0 Å². The van der Waals surface area contributed by atoms with Gasteiger partial charge in [0, 0.05) is 45.3 Å². The van der Waals surface area contributed by atoms with Crippen LogP contribution >= 0.6 is 12.2 Å². The summed E-state index contributed by atoms with van der Waals surface area (Å²) in [5.41, 5.74) is 0. The molecule has 2 aliphatic heterocycles. The molecule has 0 bridgehead atoms. The molecule has 1 fully saturated rings. The zero-order valence-corrected chi connectivity index (χ0v) is 21.5. The average Bonchev–Trinajstić information content (AvgIpc) is 2.79. The topological polar surface area (TPSA) is 54.6 Å². The summed E-state index contributed by atoms with van der Waals surface area (Å²) in [6.45, 7) is 21.2. The molecule has 1 saturated heterocycles. The van der Waals surface area contributed by atoms with Crippen LogP contribution in [0.4, 0.5) is 0 Å². The van der Waals surface area contributed by atoms with Crippen LogP contribution in [0.2, 0.25) is 0 Å². The van der Waals surface area contributed by atoms with Gasteiger partial charge >= 0.3 is 0 Å².